The fourth-order valence-electron chi connectivity index (χ4n) is 1.41. The third kappa shape index (κ3) is 1.98. The molecule has 0 bridgehead atoms. The topological polar surface area (TPSA) is 99.9 Å². The monoisotopic (exact) mass is 287 g/mol. The van der Waals surface area contributed by atoms with Crippen molar-refractivity contribution in [2.75, 3.05) is 5.73 Å². The SMILES string of the molecule is Cc1c(N)nnn1-c1c(Cl)cc([N+](=O)[O-])cc1Cl. The highest BCUT2D eigenvalue weighted by atomic mass is 35.5. The van der Waals surface area contributed by atoms with Gasteiger partial charge in [0.1, 0.15) is 5.69 Å². The maximum absolute atomic E-state index is 10.7. The molecule has 7 nitrogen and oxygen atoms in total. The molecule has 0 saturated carbocycles. The minimum absolute atomic E-state index is 0.0993. The summed E-state index contributed by atoms with van der Waals surface area (Å²) in [6, 6.07) is 2.39. The second-order valence-corrected chi connectivity index (χ2v) is 4.30. The molecule has 1 aromatic heterocycles. The van der Waals surface area contributed by atoms with Gasteiger partial charge in [-0.2, -0.15) is 0 Å². The van der Waals surface area contributed by atoms with E-state index in [2.05, 4.69) is 10.3 Å². The van der Waals surface area contributed by atoms with Crippen LogP contribution in [0.15, 0.2) is 12.1 Å². The number of halogens is 2. The summed E-state index contributed by atoms with van der Waals surface area (Å²) in [4.78, 5) is 10.1. The summed E-state index contributed by atoms with van der Waals surface area (Å²) in [5, 5.41) is 18.3. The Labute approximate surface area is 111 Å². The van der Waals surface area contributed by atoms with Gasteiger partial charge in [-0.05, 0) is 6.92 Å². The number of benzene rings is 1. The van der Waals surface area contributed by atoms with E-state index in [9.17, 15) is 10.1 Å². The van der Waals surface area contributed by atoms with Gasteiger partial charge in [-0.25, -0.2) is 4.68 Å². The van der Waals surface area contributed by atoms with Crippen molar-refractivity contribution < 1.29 is 4.92 Å². The van der Waals surface area contributed by atoms with E-state index in [-0.39, 0.29) is 21.6 Å². The van der Waals surface area contributed by atoms with E-state index in [1.54, 1.807) is 6.92 Å². The Bertz CT molecular complexity index is 617. The van der Waals surface area contributed by atoms with E-state index >= 15 is 0 Å². The zero-order valence-corrected chi connectivity index (χ0v) is 10.6. The second-order valence-electron chi connectivity index (χ2n) is 3.49. The predicted octanol–water partition coefficient (Wildman–Crippen LogP) is 2.37. The molecule has 0 amide bonds. The van der Waals surface area contributed by atoms with Crippen LogP contribution in [-0.2, 0) is 0 Å². The Hall–Kier alpha value is -1.86. The van der Waals surface area contributed by atoms with Crippen LogP contribution in [0.25, 0.3) is 5.69 Å². The van der Waals surface area contributed by atoms with Gasteiger partial charge in [0.2, 0.25) is 0 Å². The van der Waals surface area contributed by atoms with Crippen molar-refractivity contribution >= 4 is 34.7 Å². The molecule has 9 heteroatoms. The van der Waals surface area contributed by atoms with E-state index < -0.39 is 4.92 Å². The molecule has 0 aliphatic carbocycles. The smallest absolute Gasteiger partial charge is 0.272 e. The number of hydrogen-bond acceptors (Lipinski definition) is 5. The zero-order valence-electron chi connectivity index (χ0n) is 9.09. The molecule has 94 valence electrons. The zero-order chi connectivity index (χ0) is 13.4. The van der Waals surface area contributed by atoms with Crippen LogP contribution < -0.4 is 5.73 Å². The van der Waals surface area contributed by atoms with Crippen LogP contribution in [0.4, 0.5) is 11.5 Å². The summed E-state index contributed by atoms with van der Waals surface area (Å²) >= 11 is 12.0. The molecule has 2 aromatic rings. The Balaban J connectivity index is 2.66. The van der Waals surface area contributed by atoms with Crippen molar-refractivity contribution in [3.8, 4) is 5.69 Å². The molecule has 0 aliphatic rings. The highest BCUT2D eigenvalue weighted by Gasteiger charge is 2.18. The van der Waals surface area contributed by atoms with Crippen molar-refractivity contribution in [3.05, 3.63) is 38.0 Å². The highest BCUT2D eigenvalue weighted by molar-refractivity contribution is 6.38. The van der Waals surface area contributed by atoms with Gasteiger partial charge in [0, 0.05) is 12.1 Å². The van der Waals surface area contributed by atoms with Crippen LogP contribution in [0, 0.1) is 17.0 Å². The molecule has 1 heterocycles. The molecule has 0 radical (unpaired) electrons. The van der Waals surface area contributed by atoms with Gasteiger partial charge in [-0.1, -0.05) is 28.4 Å². The number of aromatic nitrogens is 3. The molecule has 0 aliphatic heterocycles. The van der Waals surface area contributed by atoms with E-state index in [1.165, 1.54) is 16.8 Å². The summed E-state index contributed by atoms with van der Waals surface area (Å²) in [6.07, 6.45) is 0. The average Bonchev–Trinajstić information content (AvgIpc) is 2.60. The lowest BCUT2D eigenvalue weighted by molar-refractivity contribution is -0.384. The summed E-state index contributed by atoms with van der Waals surface area (Å²) in [5.41, 5.74) is 6.23. The van der Waals surface area contributed by atoms with Gasteiger partial charge in [-0.15, -0.1) is 5.10 Å². The quantitative estimate of drug-likeness (QED) is 0.675. The predicted molar refractivity (Wildman–Crippen MR) is 67.2 cm³/mol. The van der Waals surface area contributed by atoms with Gasteiger partial charge in [0.15, 0.2) is 5.82 Å². The maximum Gasteiger partial charge on any atom is 0.272 e. The van der Waals surface area contributed by atoms with Gasteiger partial charge >= 0.3 is 0 Å². The van der Waals surface area contributed by atoms with Crippen LogP contribution >= 0.6 is 23.2 Å². The molecule has 2 rings (SSSR count). The number of anilines is 1. The van der Waals surface area contributed by atoms with Crippen molar-refractivity contribution in [1.82, 2.24) is 15.0 Å². The van der Waals surface area contributed by atoms with Gasteiger partial charge in [0.05, 0.1) is 20.7 Å². The second kappa shape index (κ2) is 4.43. The summed E-state index contributed by atoms with van der Waals surface area (Å²) in [6.45, 7) is 1.68. The van der Waals surface area contributed by atoms with Crippen molar-refractivity contribution in [3.63, 3.8) is 0 Å². The minimum atomic E-state index is -0.579. The summed E-state index contributed by atoms with van der Waals surface area (Å²) < 4.78 is 1.34. The lowest BCUT2D eigenvalue weighted by atomic mass is 10.2. The lowest BCUT2D eigenvalue weighted by Crippen LogP contribution is -2.02. The molecule has 1 aromatic carbocycles. The first-order valence-electron chi connectivity index (χ1n) is 4.73. The van der Waals surface area contributed by atoms with E-state index in [0.717, 1.165) is 0 Å². The Kier molecular flexibility index (Phi) is 3.10. The largest absolute Gasteiger partial charge is 0.381 e. The third-order valence-corrected chi connectivity index (χ3v) is 2.93. The maximum atomic E-state index is 10.7. The molecular formula is C9H7Cl2N5O2. The van der Waals surface area contributed by atoms with Crippen molar-refractivity contribution in [2.45, 2.75) is 6.92 Å². The van der Waals surface area contributed by atoms with E-state index in [4.69, 9.17) is 28.9 Å². The number of hydrogen-bond donors (Lipinski definition) is 1. The standard InChI is InChI=1S/C9H7Cl2N5O2/c1-4-9(12)13-14-15(4)8-6(10)2-5(16(17)18)3-7(8)11/h2-3H,12H2,1H3. The molecular weight excluding hydrogens is 281 g/mol. The first-order valence-corrected chi connectivity index (χ1v) is 5.49. The third-order valence-electron chi connectivity index (χ3n) is 2.35. The van der Waals surface area contributed by atoms with Gasteiger partial charge < -0.3 is 5.73 Å². The van der Waals surface area contributed by atoms with Gasteiger partial charge in [-0.3, -0.25) is 10.1 Å². The molecule has 0 atom stereocenters. The van der Waals surface area contributed by atoms with E-state index in [1.807, 2.05) is 0 Å². The Morgan fingerprint density at radius 1 is 1.39 bits per heavy atom. The first-order chi connectivity index (χ1) is 8.41. The van der Waals surface area contributed by atoms with Crippen LogP contribution in [-0.4, -0.2) is 19.9 Å². The normalized spacial score (nSPS) is 10.6. The molecule has 18 heavy (non-hydrogen) atoms. The van der Waals surface area contributed by atoms with Crippen LogP contribution in [0.1, 0.15) is 5.69 Å². The minimum Gasteiger partial charge on any atom is -0.381 e. The number of non-ortho nitro benzene ring substituents is 1. The number of nitro groups is 1. The molecule has 0 saturated heterocycles. The Morgan fingerprint density at radius 2 is 1.94 bits per heavy atom. The fourth-order valence-corrected chi connectivity index (χ4v) is 2.05. The molecule has 0 unspecified atom stereocenters. The van der Waals surface area contributed by atoms with Crippen molar-refractivity contribution in [1.29, 1.82) is 0 Å². The van der Waals surface area contributed by atoms with E-state index in [0.29, 0.717) is 11.4 Å². The average molecular weight is 288 g/mol. The van der Waals surface area contributed by atoms with Crippen LogP contribution in [0.5, 0.6) is 0 Å². The van der Waals surface area contributed by atoms with Crippen LogP contribution in [0.2, 0.25) is 10.0 Å². The number of nitrogen functional groups attached to an aromatic ring is 1. The summed E-state index contributed by atoms with van der Waals surface area (Å²) in [5.74, 6) is 0.237. The highest BCUT2D eigenvalue weighted by Crippen LogP contribution is 2.33. The Morgan fingerprint density at radius 3 is 2.33 bits per heavy atom. The number of nitrogens with two attached hydrogens (primary N) is 1. The summed E-state index contributed by atoms with van der Waals surface area (Å²) in [7, 11) is 0. The molecule has 0 fully saturated rings. The number of nitro benzene ring substituents is 1. The van der Waals surface area contributed by atoms with Crippen molar-refractivity contribution in [2.24, 2.45) is 0 Å². The molecule has 0 spiro atoms. The van der Waals surface area contributed by atoms with Gasteiger partial charge in [0.25, 0.3) is 5.69 Å². The van der Waals surface area contributed by atoms with Crippen LogP contribution in [0.3, 0.4) is 0 Å². The number of rotatable bonds is 2. The fraction of sp³-hybridized carbons (Fsp3) is 0.111. The number of nitrogens with zero attached hydrogens (tertiary/aromatic N) is 4. The lowest BCUT2D eigenvalue weighted by Gasteiger charge is -2.07. The first kappa shape index (κ1) is 12.6. The molecule has 2 N–H and O–H groups in total.